The summed E-state index contributed by atoms with van der Waals surface area (Å²) >= 11 is 0. The fourth-order valence-electron chi connectivity index (χ4n) is 7.59. The highest BCUT2D eigenvalue weighted by Crippen LogP contribution is 2.39. The first-order chi connectivity index (χ1) is 21.8. The van der Waals surface area contributed by atoms with Crippen molar-refractivity contribution in [3.8, 4) is 0 Å². The molecule has 2 aliphatic heterocycles. The van der Waals surface area contributed by atoms with E-state index in [9.17, 15) is 9.59 Å². The number of rotatable bonds is 10. The fourth-order valence-corrected chi connectivity index (χ4v) is 7.59. The van der Waals surface area contributed by atoms with Gasteiger partial charge in [-0.05, 0) is 110 Å². The first-order valence-corrected chi connectivity index (χ1v) is 16.8. The van der Waals surface area contributed by atoms with Gasteiger partial charge in [0.2, 0.25) is 6.41 Å². The molecule has 0 saturated heterocycles. The molecule has 0 unspecified atom stereocenters. The van der Waals surface area contributed by atoms with E-state index < -0.39 is 5.91 Å². The summed E-state index contributed by atoms with van der Waals surface area (Å²) in [7, 11) is 0. The fraction of sp³-hybridized carbons (Fsp3) is 0.421. The van der Waals surface area contributed by atoms with Crippen LogP contribution < -0.4 is 5.32 Å². The molecule has 2 amide bonds. The Morgan fingerprint density at radius 3 is 1.89 bits per heavy atom. The lowest BCUT2D eigenvalue weighted by atomic mass is 9.95. The zero-order valence-electron chi connectivity index (χ0n) is 28.2. The highest BCUT2D eigenvalue weighted by molar-refractivity contribution is 6.12. The van der Waals surface area contributed by atoms with Crippen LogP contribution in [0.25, 0.3) is 45.4 Å². The van der Waals surface area contributed by atoms with Crippen LogP contribution in [0.3, 0.4) is 0 Å². The van der Waals surface area contributed by atoms with Gasteiger partial charge in [-0.1, -0.05) is 48.5 Å². The van der Waals surface area contributed by atoms with Crippen LogP contribution >= 0.6 is 0 Å². The van der Waals surface area contributed by atoms with Gasteiger partial charge in [-0.3, -0.25) is 14.9 Å². The summed E-state index contributed by atoms with van der Waals surface area (Å²) in [6.45, 7) is 18.0. The van der Waals surface area contributed by atoms with Gasteiger partial charge in [0.05, 0.1) is 39.4 Å². The molecular weight excluding hydrogens is 558 g/mol. The number of aromatic nitrogens is 4. The molecule has 8 bridgehead atoms. The average Bonchev–Trinajstić information content (AvgIpc) is 3.80. The second-order valence-electron chi connectivity index (χ2n) is 11.6. The van der Waals surface area contributed by atoms with Crippen LogP contribution in [0, 0.1) is 0 Å². The molecule has 0 fully saturated rings. The highest BCUT2D eigenvalue weighted by atomic mass is 16.2. The normalized spacial score (nSPS) is 12.7. The SMILES string of the molecule is CCC1=C(CC)c2nc1cc1nc(cc3c(CC)c(CC)c(c(C(=O)NC=O)c4[nH]c(c2CC)c(CC)c4CC)n3CC)C=C1. The number of carbonyl (C=O) groups is 2. The van der Waals surface area contributed by atoms with Gasteiger partial charge < -0.3 is 9.55 Å². The second kappa shape index (κ2) is 13.4. The first kappa shape index (κ1) is 32.1. The second-order valence-corrected chi connectivity index (χ2v) is 11.6. The molecule has 2 aliphatic rings. The minimum atomic E-state index is -0.398. The molecule has 5 rings (SSSR count). The van der Waals surface area contributed by atoms with Crippen LogP contribution in [-0.2, 0) is 43.4 Å². The summed E-state index contributed by atoms with van der Waals surface area (Å²) in [6, 6.07) is 4.28. The number of nitrogens with one attached hydrogen (secondary N) is 2. The minimum absolute atomic E-state index is 0.398. The van der Waals surface area contributed by atoms with Gasteiger partial charge in [-0.25, -0.2) is 9.97 Å². The Labute approximate surface area is 266 Å². The summed E-state index contributed by atoms with van der Waals surface area (Å²) < 4.78 is 2.24. The molecule has 0 radical (unpaired) electrons. The minimum Gasteiger partial charge on any atom is -0.354 e. The van der Waals surface area contributed by atoms with Crippen molar-refractivity contribution < 1.29 is 9.59 Å². The van der Waals surface area contributed by atoms with E-state index in [2.05, 4.69) is 94.5 Å². The van der Waals surface area contributed by atoms with Crippen molar-refractivity contribution in [1.29, 1.82) is 0 Å². The maximum Gasteiger partial charge on any atom is 0.261 e. The van der Waals surface area contributed by atoms with Crippen LogP contribution in [0.2, 0.25) is 0 Å². The quantitative estimate of drug-likeness (QED) is 0.178. The third kappa shape index (κ3) is 5.26. The molecule has 236 valence electrons. The van der Waals surface area contributed by atoms with E-state index in [1.54, 1.807) is 0 Å². The number of allylic oxidation sites excluding steroid dienone is 2. The molecule has 0 saturated carbocycles. The summed E-state index contributed by atoms with van der Waals surface area (Å²) in [5.74, 6) is -0.398. The zero-order chi connectivity index (χ0) is 32.4. The van der Waals surface area contributed by atoms with Crippen molar-refractivity contribution >= 4 is 57.7 Å². The monoisotopic (exact) mass is 605 g/mol. The van der Waals surface area contributed by atoms with E-state index in [0.29, 0.717) is 18.5 Å². The summed E-state index contributed by atoms with van der Waals surface area (Å²) in [4.78, 5) is 40.1. The van der Waals surface area contributed by atoms with Crippen molar-refractivity contribution in [3.05, 3.63) is 68.3 Å². The molecule has 45 heavy (non-hydrogen) atoms. The third-order valence-electron chi connectivity index (χ3n) is 9.46. The molecular formula is C38H47N5O2. The number of hydrogen-bond donors (Lipinski definition) is 2. The maximum absolute atomic E-state index is 14.1. The van der Waals surface area contributed by atoms with E-state index in [0.717, 1.165) is 106 Å². The van der Waals surface area contributed by atoms with E-state index in [1.807, 2.05) is 0 Å². The smallest absolute Gasteiger partial charge is 0.261 e. The molecule has 0 aliphatic carbocycles. The van der Waals surface area contributed by atoms with Gasteiger partial charge >= 0.3 is 0 Å². The number of amides is 2. The molecule has 3 aromatic heterocycles. The molecule has 7 nitrogen and oxygen atoms in total. The zero-order valence-corrected chi connectivity index (χ0v) is 28.2. The number of hydrogen-bond acceptors (Lipinski definition) is 4. The van der Waals surface area contributed by atoms with Crippen LogP contribution in [0.15, 0.2) is 12.1 Å². The summed E-state index contributed by atoms with van der Waals surface area (Å²) in [5, 5.41) is 2.52. The van der Waals surface area contributed by atoms with Crippen molar-refractivity contribution in [1.82, 2.24) is 24.8 Å². The van der Waals surface area contributed by atoms with Gasteiger partial charge in [0.1, 0.15) is 0 Å². The molecule has 5 heterocycles. The van der Waals surface area contributed by atoms with Crippen molar-refractivity contribution in [3.63, 3.8) is 0 Å². The van der Waals surface area contributed by atoms with Crippen molar-refractivity contribution in [2.24, 2.45) is 0 Å². The molecule has 3 aromatic rings. The van der Waals surface area contributed by atoms with E-state index in [4.69, 9.17) is 9.97 Å². The third-order valence-corrected chi connectivity index (χ3v) is 9.46. The first-order valence-electron chi connectivity index (χ1n) is 16.8. The number of nitrogens with zero attached hydrogens (tertiary/aromatic N) is 3. The lowest BCUT2D eigenvalue weighted by molar-refractivity contribution is -0.108. The van der Waals surface area contributed by atoms with Crippen molar-refractivity contribution in [2.45, 2.75) is 107 Å². The predicted molar refractivity (Wildman–Crippen MR) is 187 cm³/mol. The topological polar surface area (TPSA) is 92.7 Å². The highest BCUT2D eigenvalue weighted by Gasteiger charge is 2.26. The molecule has 0 aromatic carbocycles. The Balaban J connectivity index is 2.20. The average molecular weight is 606 g/mol. The van der Waals surface area contributed by atoms with Gasteiger partial charge in [0, 0.05) is 23.1 Å². The van der Waals surface area contributed by atoms with Crippen molar-refractivity contribution in [2.75, 3.05) is 0 Å². The Morgan fingerprint density at radius 1 is 0.733 bits per heavy atom. The van der Waals surface area contributed by atoms with Crippen LogP contribution in [0.1, 0.15) is 129 Å². The van der Waals surface area contributed by atoms with E-state index >= 15 is 0 Å². The Morgan fingerprint density at radius 2 is 1.33 bits per heavy atom. The predicted octanol–water partition coefficient (Wildman–Crippen LogP) is 8.41. The summed E-state index contributed by atoms with van der Waals surface area (Å²) in [6.07, 6.45) is 10.3. The number of fused-ring (bicyclic) bond motifs is 8. The molecule has 2 N–H and O–H groups in total. The molecule has 7 heteroatoms. The number of aryl methyl sites for hydroxylation is 6. The van der Waals surface area contributed by atoms with Gasteiger partial charge in [0.25, 0.3) is 5.91 Å². The van der Waals surface area contributed by atoms with Gasteiger partial charge in [-0.2, -0.15) is 0 Å². The largest absolute Gasteiger partial charge is 0.354 e. The molecule has 0 spiro atoms. The number of imide groups is 1. The number of carbonyl (C=O) groups excluding carboxylic acids is 2. The Hall–Kier alpha value is -4.26. The van der Waals surface area contributed by atoms with E-state index in [-0.39, 0.29) is 0 Å². The van der Waals surface area contributed by atoms with Crippen LogP contribution in [0.5, 0.6) is 0 Å². The van der Waals surface area contributed by atoms with E-state index in [1.165, 1.54) is 22.3 Å². The lowest BCUT2D eigenvalue weighted by Gasteiger charge is -2.10. The number of H-pyrrole nitrogens is 1. The van der Waals surface area contributed by atoms with Crippen LogP contribution in [0.4, 0.5) is 0 Å². The molecule has 0 atom stereocenters. The van der Waals surface area contributed by atoms with Gasteiger partial charge in [-0.15, -0.1) is 0 Å². The Kier molecular flexibility index (Phi) is 9.56. The number of aromatic amines is 1. The van der Waals surface area contributed by atoms with Crippen LogP contribution in [-0.4, -0.2) is 31.8 Å². The summed E-state index contributed by atoms with van der Waals surface area (Å²) in [5.41, 5.74) is 16.4. The lowest BCUT2D eigenvalue weighted by Crippen LogP contribution is -2.22. The van der Waals surface area contributed by atoms with Gasteiger partial charge in [0.15, 0.2) is 0 Å². The Bertz CT molecular complexity index is 1900. The maximum atomic E-state index is 14.1. The standard InChI is InChI=1S/C38H47N5O2/c1-9-24-26(11-3)34-30(15-7)35-27(12-4)28(13-5)36(42-35)33(38(45)39-21-44)37-29(14-6)25(10-2)32(43(37)16-8)20-23-18-17-22(40-23)19-31(24)41-34/h17-21,42H,9-16H2,1-8H3,(H,39,44,45).